The highest BCUT2D eigenvalue weighted by molar-refractivity contribution is 7.10. The van der Waals surface area contributed by atoms with Gasteiger partial charge in [0, 0.05) is 10.3 Å². The second-order valence-electron chi connectivity index (χ2n) is 5.57. The van der Waals surface area contributed by atoms with E-state index in [1.807, 2.05) is 5.38 Å². The van der Waals surface area contributed by atoms with E-state index in [-0.39, 0.29) is 11.9 Å². The van der Waals surface area contributed by atoms with Crippen LogP contribution < -0.4 is 5.43 Å². The number of amides is 1. The molecule has 0 atom stereocenters. The lowest BCUT2D eigenvalue weighted by Crippen LogP contribution is -2.19. The molecule has 2 aromatic rings. The first-order valence-corrected chi connectivity index (χ1v) is 8.68. The van der Waals surface area contributed by atoms with E-state index in [4.69, 9.17) is 0 Å². The fourth-order valence-electron chi connectivity index (χ4n) is 2.73. The van der Waals surface area contributed by atoms with Crippen LogP contribution in [0.4, 0.5) is 0 Å². The molecule has 1 amide bonds. The summed E-state index contributed by atoms with van der Waals surface area (Å²) in [6, 6.07) is 6.80. The van der Waals surface area contributed by atoms with Gasteiger partial charge in [0.1, 0.15) is 0 Å². The Morgan fingerprint density at radius 2 is 1.96 bits per heavy atom. The number of aryl methyl sites for hydroxylation is 1. The van der Waals surface area contributed by atoms with Crippen molar-refractivity contribution in [3.8, 4) is 0 Å². The fourth-order valence-corrected chi connectivity index (χ4v) is 3.86. The molecule has 3 rings (SSSR count). The topological polar surface area (TPSA) is 67.8 Å². The van der Waals surface area contributed by atoms with E-state index >= 15 is 0 Å². The first-order chi connectivity index (χ1) is 11.7. The molecule has 0 fully saturated rings. The van der Waals surface area contributed by atoms with Crippen molar-refractivity contribution in [2.75, 3.05) is 7.11 Å². The van der Waals surface area contributed by atoms with Crippen LogP contribution in [-0.4, -0.2) is 25.2 Å². The van der Waals surface area contributed by atoms with Crippen LogP contribution in [0.1, 0.15) is 49.6 Å². The average Bonchev–Trinajstić information content (AvgIpc) is 3.06. The van der Waals surface area contributed by atoms with Gasteiger partial charge in [-0.15, -0.1) is 11.3 Å². The maximum Gasteiger partial charge on any atom is 0.337 e. The van der Waals surface area contributed by atoms with Crippen LogP contribution in [0.25, 0.3) is 0 Å². The van der Waals surface area contributed by atoms with Gasteiger partial charge in [-0.05, 0) is 48.9 Å². The Balaban J connectivity index is 1.63. The summed E-state index contributed by atoms with van der Waals surface area (Å²) in [5.41, 5.74) is 5.77. The lowest BCUT2D eigenvalue weighted by molar-refractivity contribution is 0.0600. The van der Waals surface area contributed by atoms with Gasteiger partial charge in [-0.1, -0.05) is 12.1 Å². The van der Waals surface area contributed by atoms with Crippen LogP contribution in [0, 0.1) is 0 Å². The molecular formula is C18H18N2O3S. The molecule has 0 saturated heterocycles. The van der Waals surface area contributed by atoms with Gasteiger partial charge in [0.05, 0.1) is 24.5 Å². The van der Waals surface area contributed by atoms with Gasteiger partial charge in [0.2, 0.25) is 0 Å². The normalized spacial score (nSPS) is 13.5. The Kier molecular flexibility index (Phi) is 5.05. The lowest BCUT2D eigenvalue weighted by atomic mass is 9.96. The van der Waals surface area contributed by atoms with Crippen molar-refractivity contribution in [1.82, 2.24) is 5.43 Å². The number of rotatable bonds is 4. The minimum absolute atomic E-state index is 0.170. The standard InChI is InChI=1S/C18H18N2O3S/c1-23-18(22)13-8-6-12(7-9-13)10-19-20-17(21)15-11-24-16-5-3-2-4-14(15)16/h6-11H,2-5H2,1H3,(H,20,21)/b19-10-. The van der Waals surface area contributed by atoms with E-state index < -0.39 is 0 Å². The number of carbonyl (C=O) groups excluding carboxylic acids is 2. The molecule has 24 heavy (non-hydrogen) atoms. The van der Waals surface area contributed by atoms with Crippen LogP contribution in [0.15, 0.2) is 34.7 Å². The van der Waals surface area contributed by atoms with E-state index in [0.29, 0.717) is 5.56 Å². The summed E-state index contributed by atoms with van der Waals surface area (Å²) < 4.78 is 4.65. The minimum Gasteiger partial charge on any atom is -0.465 e. The molecule has 0 aliphatic heterocycles. The predicted molar refractivity (Wildman–Crippen MR) is 93.8 cm³/mol. The molecule has 1 aliphatic rings. The second kappa shape index (κ2) is 7.40. The van der Waals surface area contributed by atoms with Crippen molar-refractivity contribution in [3.63, 3.8) is 0 Å². The smallest absolute Gasteiger partial charge is 0.337 e. The number of nitrogens with zero attached hydrogens (tertiary/aromatic N) is 1. The number of hydrogen-bond acceptors (Lipinski definition) is 5. The van der Waals surface area contributed by atoms with Gasteiger partial charge in [-0.25, -0.2) is 10.2 Å². The van der Waals surface area contributed by atoms with E-state index in [1.165, 1.54) is 24.0 Å². The van der Waals surface area contributed by atoms with E-state index in [9.17, 15) is 9.59 Å². The van der Waals surface area contributed by atoms with E-state index in [2.05, 4.69) is 15.3 Å². The maximum absolute atomic E-state index is 12.3. The molecule has 124 valence electrons. The molecule has 0 radical (unpaired) electrons. The molecule has 0 spiro atoms. The lowest BCUT2D eigenvalue weighted by Gasteiger charge is -2.11. The molecule has 0 unspecified atom stereocenters. The van der Waals surface area contributed by atoms with E-state index in [1.54, 1.807) is 41.8 Å². The average molecular weight is 342 g/mol. The summed E-state index contributed by atoms with van der Waals surface area (Å²) in [5, 5.41) is 5.93. The molecule has 1 aromatic carbocycles. The fraction of sp³-hybridized carbons (Fsp3) is 0.278. The molecule has 1 aromatic heterocycles. The number of methoxy groups -OCH3 is 1. The highest BCUT2D eigenvalue weighted by Gasteiger charge is 2.19. The zero-order valence-electron chi connectivity index (χ0n) is 13.4. The SMILES string of the molecule is COC(=O)c1ccc(/C=N\NC(=O)c2csc3c2CCCC3)cc1. The van der Waals surface area contributed by atoms with Gasteiger partial charge in [0.15, 0.2) is 0 Å². The molecule has 5 nitrogen and oxygen atoms in total. The molecule has 1 N–H and O–H groups in total. The number of hydrogen-bond donors (Lipinski definition) is 1. The molecule has 0 bridgehead atoms. The molecule has 1 aliphatic carbocycles. The summed E-state index contributed by atoms with van der Waals surface area (Å²) in [6.07, 6.45) is 5.94. The zero-order valence-corrected chi connectivity index (χ0v) is 14.2. The Labute approximate surface area is 144 Å². The number of carbonyl (C=O) groups is 2. The minimum atomic E-state index is -0.381. The molecule has 6 heteroatoms. The van der Waals surface area contributed by atoms with Crippen LogP contribution in [0.2, 0.25) is 0 Å². The number of ether oxygens (including phenoxy) is 1. The van der Waals surface area contributed by atoms with Crippen molar-refractivity contribution >= 4 is 29.4 Å². The number of esters is 1. The summed E-state index contributed by atoms with van der Waals surface area (Å²) in [5.74, 6) is -0.550. The second-order valence-corrected chi connectivity index (χ2v) is 6.54. The number of nitrogens with one attached hydrogen (secondary N) is 1. The molecular weight excluding hydrogens is 324 g/mol. The Morgan fingerprint density at radius 3 is 2.71 bits per heavy atom. The summed E-state index contributed by atoms with van der Waals surface area (Å²) >= 11 is 1.66. The van der Waals surface area contributed by atoms with Gasteiger partial charge in [-0.2, -0.15) is 5.10 Å². The first-order valence-electron chi connectivity index (χ1n) is 7.80. The van der Waals surface area contributed by atoms with Crippen LogP contribution in [0.5, 0.6) is 0 Å². The van der Waals surface area contributed by atoms with Gasteiger partial charge < -0.3 is 4.74 Å². The molecule has 1 heterocycles. The van der Waals surface area contributed by atoms with Crippen LogP contribution in [-0.2, 0) is 17.6 Å². The summed E-state index contributed by atoms with van der Waals surface area (Å²) in [4.78, 5) is 25.0. The predicted octanol–water partition coefficient (Wildman–Crippen LogP) is 3.18. The third-order valence-electron chi connectivity index (χ3n) is 4.02. The van der Waals surface area contributed by atoms with Crippen molar-refractivity contribution in [3.05, 3.63) is 56.8 Å². The van der Waals surface area contributed by atoms with E-state index in [0.717, 1.165) is 30.4 Å². The zero-order chi connectivity index (χ0) is 16.9. The monoisotopic (exact) mass is 342 g/mol. The highest BCUT2D eigenvalue weighted by Crippen LogP contribution is 2.30. The largest absolute Gasteiger partial charge is 0.465 e. The van der Waals surface area contributed by atoms with Crippen molar-refractivity contribution in [2.45, 2.75) is 25.7 Å². The summed E-state index contributed by atoms with van der Waals surface area (Å²) in [7, 11) is 1.34. The Morgan fingerprint density at radius 1 is 1.21 bits per heavy atom. The van der Waals surface area contributed by atoms with Gasteiger partial charge in [0.25, 0.3) is 5.91 Å². The molecule has 0 saturated carbocycles. The highest BCUT2D eigenvalue weighted by atomic mass is 32.1. The first kappa shape index (κ1) is 16.4. The Hall–Kier alpha value is -2.47. The van der Waals surface area contributed by atoms with Crippen molar-refractivity contribution in [1.29, 1.82) is 0 Å². The van der Waals surface area contributed by atoms with Gasteiger partial charge in [-0.3, -0.25) is 4.79 Å². The number of thiophene rings is 1. The Bertz CT molecular complexity index is 778. The number of hydrazone groups is 1. The maximum atomic E-state index is 12.3. The van der Waals surface area contributed by atoms with Crippen LogP contribution >= 0.6 is 11.3 Å². The number of benzene rings is 1. The van der Waals surface area contributed by atoms with Crippen LogP contribution in [0.3, 0.4) is 0 Å². The summed E-state index contributed by atoms with van der Waals surface area (Å²) in [6.45, 7) is 0. The van der Waals surface area contributed by atoms with Crippen molar-refractivity contribution < 1.29 is 14.3 Å². The third-order valence-corrected chi connectivity index (χ3v) is 5.11. The number of fused-ring (bicyclic) bond motifs is 1. The van der Waals surface area contributed by atoms with Crippen molar-refractivity contribution in [2.24, 2.45) is 5.10 Å². The van der Waals surface area contributed by atoms with Gasteiger partial charge >= 0.3 is 5.97 Å². The third kappa shape index (κ3) is 3.54. The quantitative estimate of drug-likeness (QED) is 0.527.